The highest BCUT2D eigenvalue weighted by Crippen LogP contribution is 2.26. The molecule has 1 amide bonds. The molecule has 3 heterocycles. The molecule has 104 valence electrons. The van der Waals surface area contributed by atoms with E-state index in [0.717, 1.165) is 18.7 Å². The van der Waals surface area contributed by atoms with Gasteiger partial charge in [0, 0.05) is 32.0 Å². The summed E-state index contributed by atoms with van der Waals surface area (Å²) >= 11 is 3.34. The second kappa shape index (κ2) is 5.76. The average Bonchev–Trinajstić information content (AvgIpc) is 2.93. The van der Waals surface area contributed by atoms with Crippen LogP contribution in [0.25, 0.3) is 0 Å². The molecule has 0 radical (unpaired) electrons. The third-order valence-corrected chi connectivity index (χ3v) is 4.01. The van der Waals surface area contributed by atoms with Gasteiger partial charge in [-0.2, -0.15) is 0 Å². The van der Waals surface area contributed by atoms with E-state index in [0.29, 0.717) is 16.8 Å². The zero-order valence-corrected chi connectivity index (χ0v) is 12.3. The van der Waals surface area contributed by atoms with E-state index in [1.807, 2.05) is 17.0 Å². The van der Waals surface area contributed by atoms with Gasteiger partial charge in [0.15, 0.2) is 0 Å². The van der Waals surface area contributed by atoms with Gasteiger partial charge in [0.05, 0.1) is 16.8 Å². The Bertz CT molecular complexity index is 599. The van der Waals surface area contributed by atoms with Gasteiger partial charge in [-0.25, -0.2) is 0 Å². The molecule has 1 aliphatic heterocycles. The highest BCUT2D eigenvalue weighted by atomic mass is 79.9. The number of nitrogens with one attached hydrogen (secondary N) is 1. The number of hydrogen-bond donors (Lipinski definition) is 1. The van der Waals surface area contributed by atoms with Crippen LogP contribution in [0.1, 0.15) is 22.2 Å². The zero-order valence-electron chi connectivity index (χ0n) is 10.8. The molecular weight excluding hydrogens is 322 g/mol. The number of nitrogens with zero attached hydrogens (tertiary/aromatic N) is 2. The molecule has 1 N–H and O–H groups in total. The van der Waals surface area contributed by atoms with E-state index >= 15 is 0 Å². The average molecular weight is 336 g/mol. The largest absolute Gasteiger partial charge is 0.458 e. The molecule has 2 aromatic rings. The zero-order chi connectivity index (χ0) is 13.9. The minimum atomic E-state index is -0.0998. The van der Waals surface area contributed by atoms with Gasteiger partial charge in [-0.3, -0.25) is 9.78 Å². The summed E-state index contributed by atoms with van der Waals surface area (Å²) in [5, 5.41) is 3.31. The van der Waals surface area contributed by atoms with Crippen LogP contribution >= 0.6 is 15.9 Å². The molecule has 0 spiro atoms. The van der Waals surface area contributed by atoms with Gasteiger partial charge >= 0.3 is 0 Å². The predicted octanol–water partition coefficient (Wildman–Crippen LogP) is 2.22. The number of carbonyl (C=O) groups excluding carboxylic acids is 1. The molecule has 1 unspecified atom stereocenters. The van der Waals surface area contributed by atoms with E-state index in [1.165, 1.54) is 6.26 Å². The van der Waals surface area contributed by atoms with Gasteiger partial charge < -0.3 is 14.6 Å². The smallest absolute Gasteiger partial charge is 0.291 e. The molecular formula is C14H14BrN3O2. The van der Waals surface area contributed by atoms with Gasteiger partial charge in [0.1, 0.15) is 0 Å². The lowest BCUT2D eigenvalue weighted by Gasteiger charge is -2.35. The van der Waals surface area contributed by atoms with Crippen LogP contribution in [-0.4, -0.2) is 35.4 Å². The van der Waals surface area contributed by atoms with Crippen LogP contribution in [0, 0.1) is 0 Å². The Morgan fingerprint density at radius 2 is 2.40 bits per heavy atom. The van der Waals surface area contributed by atoms with Crippen LogP contribution in [-0.2, 0) is 0 Å². The van der Waals surface area contributed by atoms with E-state index in [-0.39, 0.29) is 11.9 Å². The van der Waals surface area contributed by atoms with Crippen molar-refractivity contribution in [3.05, 3.63) is 52.7 Å². The summed E-state index contributed by atoms with van der Waals surface area (Å²) in [5.74, 6) is 0.248. The van der Waals surface area contributed by atoms with Crippen molar-refractivity contribution < 1.29 is 9.21 Å². The first-order valence-electron chi connectivity index (χ1n) is 6.42. The normalized spacial score (nSPS) is 19.1. The number of carbonyl (C=O) groups is 1. The fourth-order valence-electron chi connectivity index (χ4n) is 2.40. The minimum absolute atomic E-state index is 0.0260. The fraction of sp³-hybridized carbons (Fsp3) is 0.286. The molecule has 1 fully saturated rings. The summed E-state index contributed by atoms with van der Waals surface area (Å²) in [5.41, 5.74) is 1.02. The quantitative estimate of drug-likeness (QED) is 0.914. The predicted molar refractivity (Wildman–Crippen MR) is 77.3 cm³/mol. The Morgan fingerprint density at radius 1 is 1.50 bits per heavy atom. The Hall–Kier alpha value is -1.66. The van der Waals surface area contributed by atoms with Crippen LogP contribution in [0.4, 0.5) is 0 Å². The van der Waals surface area contributed by atoms with Gasteiger partial charge in [0.2, 0.25) is 5.76 Å². The molecule has 0 bridgehead atoms. The first-order valence-corrected chi connectivity index (χ1v) is 7.21. The van der Waals surface area contributed by atoms with Crippen molar-refractivity contribution in [1.82, 2.24) is 15.2 Å². The first kappa shape index (κ1) is 13.3. The van der Waals surface area contributed by atoms with Crippen LogP contribution in [0.2, 0.25) is 0 Å². The maximum atomic E-state index is 12.6. The Balaban J connectivity index is 1.90. The lowest BCUT2D eigenvalue weighted by molar-refractivity contribution is 0.0600. The molecule has 0 aliphatic carbocycles. The molecule has 1 atom stereocenters. The maximum Gasteiger partial charge on any atom is 0.291 e. The molecule has 0 aromatic carbocycles. The van der Waals surface area contributed by atoms with Gasteiger partial charge in [-0.05, 0) is 33.6 Å². The summed E-state index contributed by atoms with van der Waals surface area (Å²) in [6.45, 7) is 2.14. The van der Waals surface area contributed by atoms with Crippen molar-refractivity contribution in [3.8, 4) is 0 Å². The van der Waals surface area contributed by atoms with Gasteiger partial charge in [-0.1, -0.05) is 6.07 Å². The van der Waals surface area contributed by atoms with Gasteiger partial charge in [-0.15, -0.1) is 0 Å². The number of furan rings is 1. The van der Waals surface area contributed by atoms with E-state index in [9.17, 15) is 4.79 Å². The third-order valence-electron chi connectivity index (χ3n) is 3.38. The molecule has 0 saturated carbocycles. The Morgan fingerprint density at radius 3 is 3.10 bits per heavy atom. The molecule has 3 rings (SSSR count). The van der Waals surface area contributed by atoms with E-state index in [2.05, 4.69) is 26.2 Å². The number of hydrogen-bond acceptors (Lipinski definition) is 4. The topological polar surface area (TPSA) is 58.4 Å². The number of piperazine rings is 1. The second-order valence-electron chi connectivity index (χ2n) is 4.60. The number of rotatable bonds is 2. The van der Waals surface area contributed by atoms with Crippen molar-refractivity contribution >= 4 is 21.8 Å². The Kier molecular flexibility index (Phi) is 3.84. The summed E-state index contributed by atoms with van der Waals surface area (Å²) in [6, 6.07) is 5.58. The highest BCUT2D eigenvalue weighted by Gasteiger charge is 2.31. The number of amides is 1. The van der Waals surface area contributed by atoms with Crippen molar-refractivity contribution in [2.75, 3.05) is 19.6 Å². The highest BCUT2D eigenvalue weighted by molar-refractivity contribution is 9.10. The maximum absolute atomic E-state index is 12.6. The van der Waals surface area contributed by atoms with Crippen molar-refractivity contribution in [2.24, 2.45) is 0 Å². The van der Waals surface area contributed by atoms with Crippen LogP contribution in [0.5, 0.6) is 0 Å². The van der Waals surface area contributed by atoms with Crippen LogP contribution < -0.4 is 5.32 Å². The number of pyridine rings is 1. The summed E-state index contributed by atoms with van der Waals surface area (Å²) in [4.78, 5) is 18.6. The SMILES string of the molecule is O=C(c1occc1Br)N1CCNCC1c1cccnc1. The summed E-state index contributed by atoms with van der Waals surface area (Å²) < 4.78 is 5.98. The van der Waals surface area contributed by atoms with E-state index in [1.54, 1.807) is 18.5 Å². The molecule has 1 saturated heterocycles. The number of halogens is 1. The van der Waals surface area contributed by atoms with E-state index in [4.69, 9.17) is 4.42 Å². The van der Waals surface area contributed by atoms with Crippen LogP contribution in [0.3, 0.4) is 0 Å². The van der Waals surface area contributed by atoms with Gasteiger partial charge in [0.25, 0.3) is 5.91 Å². The van der Waals surface area contributed by atoms with Crippen molar-refractivity contribution in [2.45, 2.75) is 6.04 Å². The number of aromatic nitrogens is 1. The Labute approximate surface area is 125 Å². The second-order valence-corrected chi connectivity index (χ2v) is 5.46. The fourth-order valence-corrected chi connectivity index (χ4v) is 2.77. The lowest BCUT2D eigenvalue weighted by Crippen LogP contribution is -2.48. The van der Waals surface area contributed by atoms with Crippen molar-refractivity contribution in [3.63, 3.8) is 0 Å². The molecule has 1 aliphatic rings. The lowest BCUT2D eigenvalue weighted by atomic mass is 10.1. The monoisotopic (exact) mass is 335 g/mol. The molecule has 20 heavy (non-hydrogen) atoms. The standard InChI is InChI=1S/C14H14BrN3O2/c15-11-3-7-20-13(11)14(19)18-6-5-17-9-12(18)10-2-1-4-16-8-10/h1-4,7-8,12,17H,5-6,9H2. The summed E-state index contributed by atoms with van der Waals surface area (Å²) in [6.07, 6.45) is 5.04. The van der Waals surface area contributed by atoms with Crippen LogP contribution in [0.15, 0.2) is 45.7 Å². The minimum Gasteiger partial charge on any atom is -0.458 e. The van der Waals surface area contributed by atoms with Crippen molar-refractivity contribution in [1.29, 1.82) is 0 Å². The third kappa shape index (κ3) is 2.48. The molecule has 5 nitrogen and oxygen atoms in total. The molecule has 2 aromatic heterocycles. The van der Waals surface area contributed by atoms with E-state index < -0.39 is 0 Å². The summed E-state index contributed by atoms with van der Waals surface area (Å²) in [7, 11) is 0. The first-order chi connectivity index (χ1) is 9.77. The molecule has 6 heteroatoms.